The number of hydrogen-bond acceptors (Lipinski definition) is 3. The maximum atomic E-state index is 12.1. The van der Waals surface area contributed by atoms with Gasteiger partial charge in [-0.15, -0.1) is 0 Å². The predicted molar refractivity (Wildman–Crippen MR) is 99.3 cm³/mol. The van der Waals surface area contributed by atoms with Gasteiger partial charge in [0, 0.05) is 26.1 Å². The summed E-state index contributed by atoms with van der Waals surface area (Å²) in [7, 11) is 0. The molecule has 0 aromatic rings. The lowest BCUT2D eigenvalue weighted by molar-refractivity contribution is -0.121. The van der Waals surface area contributed by atoms with Crippen LogP contribution in [0.15, 0.2) is 0 Å². The summed E-state index contributed by atoms with van der Waals surface area (Å²) >= 11 is 0. The summed E-state index contributed by atoms with van der Waals surface area (Å²) in [5.41, 5.74) is -0.0749. The average Bonchev–Trinajstić information content (AvgIpc) is 3.06. The van der Waals surface area contributed by atoms with Crippen LogP contribution in [-0.2, 0) is 9.53 Å². The first-order valence-corrected chi connectivity index (χ1v) is 9.83. The Hall–Kier alpha value is -1.26. The molecule has 0 aromatic carbocycles. The van der Waals surface area contributed by atoms with E-state index in [1.807, 2.05) is 20.8 Å². The molecule has 0 radical (unpaired) electrons. The average molecular weight is 353 g/mol. The van der Waals surface area contributed by atoms with Crippen molar-refractivity contribution in [2.75, 3.05) is 19.6 Å². The minimum atomic E-state index is -0.455. The molecular weight excluding hydrogens is 316 g/mol. The maximum Gasteiger partial charge on any atom is 0.410 e. The molecule has 0 spiro atoms. The van der Waals surface area contributed by atoms with E-state index in [1.165, 1.54) is 19.3 Å². The summed E-state index contributed by atoms with van der Waals surface area (Å²) in [6.45, 7) is 12.4. The summed E-state index contributed by atoms with van der Waals surface area (Å²) in [5, 5.41) is 3.14. The van der Waals surface area contributed by atoms with Crippen molar-refractivity contribution in [1.29, 1.82) is 0 Å². The highest BCUT2D eigenvalue weighted by atomic mass is 16.6. The second-order valence-corrected chi connectivity index (χ2v) is 9.49. The Morgan fingerprint density at radius 3 is 2.52 bits per heavy atom. The van der Waals surface area contributed by atoms with Crippen LogP contribution in [0.25, 0.3) is 0 Å². The van der Waals surface area contributed by atoms with Gasteiger partial charge in [0.25, 0.3) is 0 Å². The van der Waals surface area contributed by atoms with Crippen LogP contribution in [0.4, 0.5) is 4.79 Å². The van der Waals surface area contributed by atoms with Crippen LogP contribution >= 0.6 is 0 Å². The quantitative estimate of drug-likeness (QED) is 0.754. The van der Waals surface area contributed by atoms with Gasteiger partial charge in [0.2, 0.25) is 5.91 Å². The minimum Gasteiger partial charge on any atom is -0.444 e. The molecule has 1 saturated heterocycles. The van der Waals surface area contributed by atoms with Gasteiger partial charge < -0.3 is 15.0 Å². The van der Waals surface area contributed by atoms with Crippen molar-refractivity contribution >= 4 is 12.0 Å². The molecule has 1 atom stereocenters. The molecule has 2 fully saturated rings. The van der Waals surface area contributed by atoms with Crippen LogP contribution < -0.4 is 5.32 Å². The van der Waals surface area contributed by atoms with Gasteiger partial charge in [0.1, 0.15) is 5.60 Å². The number of nitrogens with one attached hydrogen (secondary N) is 1. The van der Waals surface area contributed by atoms with Crippen molar-refractivity contribution in [2.24, 2.45) is 17.3 Å². The predicted octanol–water partition coefficient (Wildman–Crippen LogP) is 3.97. The number of rotatable bonds is 7. The van der Waals surface area contributed by atoms with Gasteiger partial charge in [-0.1, -0.05) is 13.8 Å². The van der Waals surface area contributed by atoms with E-state index in [1.54, 1.807) is 4.90 Å². The Labute approximate surface area is 152 Å². The second kappa shape index (κ2) is 7.96. The fourth-order valence-corrected chi connectivity index (χ4v) is 3.77. The Morgan fingerprint density at radius 1 is 1.28 bits per heavy atom. The summed E-state index contributed by atoms with van der Waals surface area (Å²) in [6.07, 6.45) is 5.85. The van der Waals surface area contributed by atoms with Crippen LogP contribution in [-0.4, -0.2) is 42.1 Å². The molecule has 2 aliphatic rings. The van der Waals surface area contributed by atoms with Gasteiger partial charge in [-0.05, 0) is 70.1 Å². The zero-order valence-corrected chi connectivity index (χ0v) is 16.7. The fourth-order valence-electron chi connectivity index (χ4n) is 3.77. The highest BCUT2D eigenvalue weighted by molar-refractivity contribution is 5.76. The number of likely N-dealkylation sites (tertiary alicyclic amines) is 1. The van der Waals surface area contributed by atoms with E-state index < -0.39 is 5.60 Å². The van der Waals surface area contributed by atoms with Crippen molar-refractivity contribution in [1.82, 2.24) is 10.2 Å². The first-order chi connectivity index (χ1) is 11.6. The van der Waals surface area contributed by atoms with E-state index in [-0.39, 0.29) is 12.0 Å². The number of hydrogen-bond donors (Lipinski definition) is 1. The van der Waals surface area contributed by atoms with Gasteiger partial charge >= 0.3 is 6.09 Å². The van der Waals surface area contributed by atoms with Gasteiger partial charge in [-0.2, -0.15) is 0 Å². The Kier molecular flexibility index (Phi) is 6.39. The molecule has 25 heavy (non-hydrogen) atoms. The lowest BCUT2D eigenvalue weighted by Gasteiger charge is -2.24. The lowest BCUT2D eigenvalue weighted by Crippen LogP contribution is -2.35. The monoisotopic (exact) mass is 352 g/mol. The van der Waals surface area contributed by atoms with E-state index in [0.717, 1.165) is 25.9 Å². The van der Waals surface area contributed by atoms with Crippen LogP contribution in [0.2, 0.25) is 0 Å². The van der Waals surface area contributed by atoms with Crippen molar-refractivity contribution in [2.45, 2.75) is 78.7 Å². The fraction of sp³-hybridized carbons (Fsp3) is 0.900. The van der Waals surface area contributed by atoms with Crippen molar-refractivity contribution in [3.05, 3.63) is 0 Å². The highest BCUT2D eigenvalue weighted by Gasteiger charge is 2.42. The van der Waals surface area contributed by atoms with Crippen molar-refractivity contribution < 1.29 is 14.3 Å². The summed E-state index contributed by atoms with van der Waals surface area (Å²) < 4.78 is 5.42. The summed E-state index contributed by atoms with van der Waals surface area (Å²) in [5.74, 6) is 1.26. The first-order valence-electron chi connectivity index (χ1n) is 9.83. The molecule has 2 rings (SSSR count). The zero-order valence-electron chi connectivity index (χ0n) is 16.7. The van der Waals surface area contributed by atoms with Gasteiger partial charge in [0.15, 0.2) is 0 Å². The third-order valence-corrected chi connectivity index (χ3v) is 5.18. The zero-order chi connectivity index (χ0) is 18.7. The lowest BCUT2D eigenvalue weighted by atomic mass is 9.94. The smallest absolute Gasteiger partial charge is 0.410 e. The van der Waals surface area contributed by atoms with Crippen LogP contribution in [0.3, 0.4) is 0 Å². The molecular formula is C20H36N2O3. The third kappa shape index (κ3) is 6.87. The topological polar surface area (TPSA) is 58.6 Å². The molecule has 1 unspecified atom stereocenters. The molecule has 0 bridgehead atoms. The minimum absolute atomic E-state index is 0.158. The normalized spacial score (nSPS) is 22.2. The molecule has 0 aromatic heterocycles. The number of nitrogens with zero attached hydrogens (tertiary/aromatic N) is 1. The number of carbonyl (C=O) groups is 2. The SMILES string of the molecule is CC(C)CC1(CNC(=O)CCC2CCN(C(=O)OC(C)(C)C)C2)CC1. The Morgan fingerprint density at radius 2 is 1.96 bits per heavy atom. The van der Waals surface area contributed by atoms with Crippen LogP contribution in [0.1, 0.15) is 73.1 Å². The molecule has 5 heteroatoms. The van der Waals surface area contributed by atoms with Crippen LogP contribution in [0.5, 0.6) is 0 Å². The molecule has 1 aliphatic carbocycles. The second-order valence-electron chi connectivity index (χ2n) is 9.49. The van der Waals surface area contributed by atoms with E-state index in [4.69, 9.17) is 4.74 Å². The highest BCUT2D eigenvalue weighted by Crippen LogP contribution is 2.50. The number of amides is 2. The Bertz CT molecular complexity index is 478. The first kappa shape index (κ1) is 20.1. The van der Waals surface area contributed by atoms with E-state index in [0.29, 0.717) is 30.2 Å². The summed E-state index contributed by atoms with van der Waals surface area (Å²) in [4.78, 5) is 26.0. The molecule has 2 amide bonds. The molecule has 1 saturated carbocycles. The standard InChI is InChI=1S/C20H36N2O3/c1-15(2)12-20(9-10-20)14-21-17(23)7-6-16-8-11-22(13-16)18(24)25-19(3,4)5/h15-16H,6-14H2,1-5H3,(H,21,23). The van der Waals surface area contributed by atoms with Gasteiger partial charge in [-0.25, -0.2) is 4.79 Å². The summed E-state index contributed by atoms with van der Waals surface area (Å²) in [6, 6.07) is 0. The molecule has 144 valence electrons. The van der Waals surface area contributed by atoms with E-state index >= 15 is 0 Å². The van der Waals surface area contributed by atoms with E-state index in [9.17, 15) is 9.59 Å². The van der Waals surface area contributed by atoms with Crippen molar-refractivity contribution in [3.63, 3.8) is 0 Å². The van der Waals surface area contributed by atoms with Crippen molar-refractivity contribution in [3.8, 4) is 0 Å². The molecule has 1 heterocycles. The number of carbonyl (C=O) groups excluding carboxylic acids is 2. The van der Waals surface area contributed by atoms with Gasteiger partial charge in [0.05, 0.1) is 0 Å². The van der Waals surface area contributed by atoms with Gasteiger partial charge in [-0.3, -0.25) is 4.79 Å². The largest absolute Gasteiger partial charge is 0.444 e. The molecule has 5 nitrogen and oxygen atoms in total. The molecule has 1 aliphatic heterocycles. The number of ether oxygens (including phenoxy) is 1. The van der Waals surface area contributed by atoms with Crippen LogP contribution in [0, 0.1) is 17.3 Å². The third-order valence-electron chi connectivity index (χ3n) is 5.18. The van der Waals surface area contributed by atoms with E-state index in [2.05, 4.69) is 19.2 Å². The maximum absolute atomic E-state index is 12.1. The Balaban J connectivity index is 1.63. The molecule has 1 N–H and O–H groups in total.